The third kappa shape index (κ3) is 5.18. The van der Waals surface area contributed by atoms with Gasteiger partial charge in [0.05, 0.1) is 7.11 Å². The number of nitrogens with one attached hydrogen (secondary N) is 2. The average molecular weight is 384 g/mol. The van der Waals surface area contributed by atoms with Gasteiger partial charge in [-0.3, -0.25) is 5.32 Å². The van der Waals surface area contributed by atoms with Crippen molar-refractivity contribution in [2.75, 3.05) is 17.7 Å². The molecular weight excluding hydrogens is 364 g/mol. The van der Waals surface area contributed by atoms with E-state index in [-0.39, 0.29) is 0 Å². The molecule has 0 bridgehead atoms. The minimum absolute atomic E-state index is 0.295. The fourth-order valence-electron chi connectivity index (χ4n) is 2.30. The molecule has 8 heteroatoms. The summed E-state index contributed by atoms with van der Waals surface area (Å²) >= 11 is 1.27. The molecule has 2 amide bonds. The minimum atomic E-state index is -0.390. The SMILES string of the molecule is COc1ccc(NC(=O)Nc2nnc(COc3cc(C)ccc3C)s2)cc1. The van der Waals surface area contributed by atoms with Gasteiger partial charge in [-0.15, -0.1) is 10.2 Å². The number of carbonyl (C=O) groups excluding carboxylic acids is 1. The topological polar surface area (TPSA) is 85.4 Å². The number of methoxy groups -OCH3 is 1. The summed E-state index contributed by atoms with van der Waals surface area (Å²) in [6, 6.07) is 12.7. The Balaban J connectivity index is 1.53. The molecule has 27 heavy (non-hydrogen) atoms. The van der Waals surface area contributed by atoms with E-state index in [0.717, 1.165) is 22.6 Å². The smallest absolute Gasteiger partial charge is 0.325 e. The molecule has 0 aliphatic rings. The first-order valence-corrected chi connectivity index (χ1v) is 9.09. The fourth-order valence-corrected chi connectivity index (χ4v) is 2.95. The van der Waals surface area contributed by atoms with Crippen molar-refractivity contribution in [1.29, 1.82) is 0 Å². The van der Waals surface area contributed by atoms with E-state index in [4.69, 9.17) is 9.47 Å². The summed E-state index contributed by atoms with van der Waals surface area (Å²) in [6.07, 6.45) is 0. The van der Waals surface area contributed by atoms with Gasteiger partial charge in [-0.1, -0.05) is 23.5 Å². The van der Waals surface area contributed by atoms with E-state index < -0.39 is 6.03 Å². The zero-order chi connectivity index (χ0) is 19.2. The van der Waals surface area contributed by atoms with E-state index in [1.54, 1.807) is 31.4 Å². The lowest BCUT2D eigenvalue weighted by Gasteiger charge is -2.08. The predicted octanol–water partition coefficient (Wildman–Crippen LogP) is 4.39. The fraction of sp³-hybridized carbons (Fsp3) is 0.211. The maximum atomic E-state index is 12.1. The number of aryl methyl sites for hydroxylation is 2. The van der Waals surface area contributed by atoms with Gasteiger partial charge in [0, 0.05) is 5.69 Å². The summed E-state index contributed by atoms with van der Waals surface area (Å²) in [5.74, 6) is 1.54. The number of ether oxygens (including phenoxy) is 2. The Labute approximate surface area is 161 Å². The van der Waals surface area contributed by atoms with Crippen molar-refractivity contribution in [3.63, 3.8) is 0 Å². The lowest BCUT2D eigenvalue weighted by atomic mass is 10.1. The summed E-state index contributed by atoms with van der Waals surface area (Å²) < 4.78 is 10.9. The highest BCUT2D eigenvalue weighted by Crippen LogP contribution is 2.22. The van der Waals surface area contributed by atoms with Gasteiger partial charge >= 0.3 is 6.03 Å². The number of hydrogen-bond donors (Lipinski definition) is 2. The molecule has 140 valence electrons. The second kappa shape index (κ2) is 8.50. The summed E-state index contributed by atoms with van der Waals surface area (Å²) in [5.41, 5.74) is 2.84. The van der Waals surface area contributed by atoms with E-state index in [2.05, 4.69) is 20.8 Å². The van der Waals surface area contributed by atoms with Gasteiger partial charge in [-0.05, 0) is 55.3 Å². The molecule has 3 aromatic rings. The lowest BCUT2D eigenvalue weighted by molar-refractivity contribution is 0.262. The second-order valence-electron chi connectivity index (χ2n) is 5.87. The van der Waals surface area contributed by atoms with Crippen molar-refractivity contribution in [2.24, 2.45) is 0 Å². The van der Waals surface area contributed by atoms with Crippen LogP contribution in [0.4, 0.5) is 15.6 Å². The number of hydrogen-bond acceptors (Lipinski definition) is 6. The van der Waals surface area contributed by atoms with Crippen LogP contribution in [0.25, 0.3) is 0 Å². The lowest BCUT2D eigenvalue weighted by Crippen LogP contribution is -2.19. The highest BCUT2D eigenvalue weighted by molar-refractivity contribution is 7.15. The molecule has 0 fully saturated rings. The third-order valence-corrected chi connectivity index (χ3v) is 4.54. The predicted molar refractivity (Wildman–Crippen MR) is 106 cm³/mol. The van der Waals surface area contributed by atoms with Crippen molar-refractivity contribution < 1.29 is 14.3 Å². The Morgan fingerprint density at radius 3 is 2.59 bits per heavy atom. The van der Waals surface area contributed by atoms with Gasteiger partial charge < -0.3 is 14.8 Å². The molecule has 0 aliphatic carbocycles. The maximum absolute atomic E-state index is 12.1. The Morgan fingerprint density at radius 1 is 1.07 bits per heavy atom. The number of benzene rings is 2. The van der Waals surface area contributed by atoms with Crippen LogP contribution in [0.5, 0.6) is 11.5 Å². The normalized spacial score (nSPS) is 10.3. The van der Waals surface area contributed by atoms with E-state index >= 15 is 0 Å². The van der Waals surface area contributed by atoms with Gasteiger partial charge in [-0.2, -0.15) is 0 Å². The van der Waals surface area contributed by atoms with Gasteiger partial charge in [0.1, 0.15) is 18.1 Å². The van der Waals surface area contributed by atoms with Crippen molar-refractivity contribution in [3.05, 3.63) is 58.6 Å². The molecule has 0 radical (unpaired) electrons. The Kier molecular flexibility index (Phi) is 5.87. The molecule has 2 N–H and O–H groups in total. The van der Waals surface area contributed by atoms with Crippen LogP contribution < -0.4 is 20.1 Å². The van der Waals surface area contributed by atoms with E-state index in [9.17, 15) is 4.79 Å². The Morgan fingerprint density at radius 2 is 1.85 bits per heavy atom. The molecule has 0 spiro atoms. The average Bonchev–Trinajstić information content (AvgIpc) is 3.10. The number of urea groups is 1. The Hall–Kier alpha value is -3.13. The van der Waals surface area contributed by atoms with Crippen molar-refractivity contribution in [3.8, 4) is 11.5 Å². The molecule has 1 heterocycles. The quantitative estimate of drug-likeness (QED) is 0.658. The first-order valence-electron chi connectivity index (χ1n) is 8.28. The molecule has 0 saturated carbocycles. The molecule has 3 rings (SSSR count). The highest BCUT2D eigenvalue weighted by atomic mass is 32.1. The molecule has 7 nitrogen and oxygen atoms in total. The summed E-state index contributed by atoms with van der Waals surface area (Å²) in [4.78, 5) is 12.1. The second-order valence-corrected chi connectivity index (χ2v) is 6.93. The largest absolute Gasteiger partial charge is 0.497 e. The number of carbonyl (C=O) groups is 1. The molecule has 0 atom stereocenters. The summed E-state index contributed by atoms with van der Waals surface area (Å²) in [7, 11) is 1.59. The van der Waals surface area contributed by atoms with Crippen LogP contribution in [0.3, 0.4) is 0 Å². The zero-order valence-corrected chi connectivity index (χ0v) is 16.1. The van der Waals surface area contributed by atoms with Gasteiger partial charge in [0.15, 0.2) is 5.01 Å². The summed E-state index contributed by atoms with van der Waals surface area (Å²) in [6.45, 7) is 4.30. The number of nitrogens with zero attached hydrogens (tertiary/aromatic N) is 2. The number of aromatic nitrogens is 2. The first kappa shape index (κ1) is 18.7. The van der Waals surface area contributed by atoms with Crippen molar-refractivity contribution in [2.45, 2.75) is 20.5 Å². The van der Waals surface area contributed by atoms with E-state index in [1.807, 2.05) is 32.0 Å². The summed E-state index contributed by atoms with van der Waals surface area (Å²) in [5, 5.41) is 14.5. The highest BCUT2D eigenvalue weighted by Gasteiger charge is 2.10. The van der Waals surface area contributed by atoms with Crippen LogP contribution in [0, 0.1) is 13.8 Å². The van der Waals surface area contributed by atoms with Gasteiger partial charge in [0.25, 0.3) is 0 Å². The third-order valence-electron chi connectivity index (χ3n) is 3.73. The van der Waals surface area contributed by atoms with Gasteiger partial charge in [-0.25, -0.2) is 4.79 Å². The zero-order valence-electron chi connectivity index (χ0n) is 15.3. The molecule has 0 saturated heterocycles. The molecule has 0 unspecified atom stereocenters. The van der Waals surface area contributed by atoms with E-state index in [1.165, 1.54) is 11.3 Å². The number of amides is 2. The first-order chi connectivity index (χ1) is 13.0. The number of anilines is 2. The van der Waals surface area contributed by atoms with Crippen molar-refractivity contribution >= 4 is 28.2 Å². The molecule has 1 aromatic heterocycles. The van der Waals surface area contributed by atoms with E-state index in [0.29, 0.717) is 22.4 Å². The van der Waals surface area contributed by atoms with Crippen LogP contribution in [-0.4, -0.2) is 23.3 Å². The van der Waals surface area contributed by atoms with Crippen LogP contribution >= 0.6 is 11.3 Å². The number of rotatable bonds is 6. The molecular formula is C19H20N4O3S. The van der Waals surface area contributed by atoms with Crippen LogP contribution in [-0.2, 0) is 6.61 Å². The van der Waals surface area contributed by atoms with Crippen molar-refractivity contribution in [1.82, 2.24) is 10.2 Å². The Bertz CT molecular complexity index is 925. The van der Waals surface area contributed by atoms with Crippen LogP contribution in [0.1, 0.15) is 16.1 Å². The van der Waals surface area contributed by atoms with Crippen LogP contribution in [0.2, 0.25) is 0 Å². The molecule has 0 aliphatic heterocycles. The monoisotopic (exact) mass is 384 g/mol. The van der Waals surface area contributed by atoms with Crippen LogP contribution in [0.15, 0.2) is 42.5 Å². The maximum Gasteiger partial charge on any atom is 0.325 e. The standard InChI is InChI=1S/C19H20N4O3S/c1-12-4-5-13(2)16(10-12)26-11-17-22-23-19(27-17)21-18(24)20-14-6-8-15(25-3)9-7-14/h4-10H,11H2,1-3H3,(H2,20,21,23,24). The molecule has 2 aromatic carbocycles. The van der Waals surface area contributed by atoms with Gasteiger partial charge in [0.2, 0.25) is 5.13 Å². The minimum Gasteiger partial charge on any atom is -0.497 e.